The number of nitrogens with one attached hydrogen (secondary N) is 1. The van der Waals surface area contributed by atoms with E-state index in [0.29, 0.717) is 31.1 Å². The van der Waals surface area contributed by atoms with E-state index < -0.39 is 0 Å². The first-order valence-electron chi connectivity index (χ1n) is 7.57. The molecule has 2 N–H and O–H groups in total. The number of thiazole rings is 1. The molecule has 6 heteroatoms. The van der Waals surface area contributed by atoms with Gasteiger partial charge in [0.05, 0.1) is 24.4 Å². The Hall–Kier alpha value is -2.34. The largest absolute Gasteiger partial charge is 0.510 e. The maximum absolute atomic E-state index is 10.2. The van der Waals surface area contributed by atoms with Gasteiger partial charge in [0, 0.05) is 5.38 Å². The summed E-state index contributed by atoms with van der Waals surface area (Å²) in [7, 11) is 0. The van der Waals surface area contributed by atoms with Crippen LogP contribution in [0.2, 0.25) is 0 Å². The third-order valence-corrected chi connectivity index (χ3v) is 4.59. The molecule has 0 unspecified atom stereocenters. The van der Waals surface area contributed by atoms with Gasteiger partial charge in [-0.15, -0.1) is 11.3 Å². The molecule has 1 aliphatic heterocycles. The minimum absolute atomic E-state index is 0.215. The predicted molar refractivity (Wildman–Crippen MR) is 92.3 cm³/mol. The quantitative estimate of drug-likeness (QED) is 0.853. The number of hydrogen-bond donors (Lipinski definition) is 2. The van der Waals surface area contributed by atoms with Crippen LogP contribution in [0, 0.1) is 5.41 Å². The molecular weight excluding hydrogens is 310 g/mol. The monoisotopic (exact) mass is 329 g/mol. The van der Waals surface area contributed by atoms with E-state index in [1.807, 2.05) is 42.6 Å². The first-order chi connectivity index (χ1) is 11.2. The molecule has 1 aromatic carbocycles. The Bertz CT molecular complexity index is 724. The first kappa shape index (κ1) is 15.6. The molecule has 2 heterocycles. The molecule has 0 radical (unpaired) electrons. The molecular formula is C17H19N3O2S. The fraction of sp³-hybridized carbons (Fsp3) is 0.294. The molecule has 1 aromatic heterocycles. The zero-order valence-corrected chi connectivity index (χ0v) is 13.8. The lowest BCUT2D eigenvalue weighted by atomic mass is 10.2. The average molecular weight is 329 g/mol. The lowest BCUT2D eigenvalue weighted by molar-refractivity contribution is 0.265. The molecule has 0 bridgehead atoms. The summed E-state index contributed by atoms with van der Waals surface area (Å²) < 4.78 is 5.66. The number of para-hydroxylation sites is 1. The molecule has 0 aliphatic carbocycles. The Labute approximate surface area is 139 Å². The number of benzene rings is 1. The molecule has 3 rings (SSSR count). The molecule has 5 nitrogen and oxygen atoms in total. The summed E-state index contributed by atoms with van der Waals surface area (Å²) >= 11 is 1.47. The van der Waals surface area contributed by atoms with Gasteiger partial charge in [-0.1, -0.05) is 25.1 Å². The van der Waals surface area contributed by atoms with Crippen molar-refractivity contribution in [1.82, 2.24) is 9.88 Å². The van der Waals surface area contributed by atoms with Crippen molar-refractivity contribution in [2.24, 2.45) is 0 Å². The van der Waals surface area contributed by atoms with E-state index in [1.54, 1.807) is 4.90 Å². The molecule has 120 valence electrons. The summed E-state index contributed by atoms with van der Waals surface area (Å²) in [5.74, 6) is 1.34. The maximum atomic E-state index is 10.2. The number of nitrogens with zero attached hydrogens (tertiary/aromatic N) is 2. The normalized spacial score (nSPS) is 14.7. The molecule has 0 amide bonds. The van der Waals surface area contributed by atoms with Crippen molar-refractivity contribution in [2.45, 2.75) is 13.3 Å². The van der Waals surface area contributed by atoms with Gasteiger partial charge in [-0.25, -0.2) is 4.98 Å². The number of aromatic nitrogens is 1. The van der Waals surface area contributed by atoms with Gasteiger partial charge in [0.25, 0.3) is 0 Å². The van der Waals surface area contributed by atoms with Gasteiger partial charge >= 0.3 is 0 Å². The second-order valence-electron chi connectivity index (χ2n) is 5.25. The van der Waals surface area contributed by atoms with Crippen molar-refractivity contribution in [3.05, 3.63) is 52.2 Å². The average Bonchev–Trinajstić information content (AvgIpc) is 3.13. The second-order valence-corrected chi connectivity index (χ2v) is 6.11. The Kier molecular flexibility index (Phi) is 4.62. The smallest absolute Gasteiger partial charge is 0.135 e. The minimum atomic E-state index is 0.215. The van der Waals surface area contributed by atoms with Crippen LogP contribution in [0.25, 0.3) is 5.57 Å². The van der Waals surface area contributed by atoms with Crippen molar-refractivity contribution >= 4 is 22.7 Å². The molecule has 0 fully saturated rings. The van der Waals surface area contributed by atoms with Crippen LogP contribution in [-0.4, -0.2) is 40.5 Å². The lowest BCUT2D eigenvalue weighted by Crippen LogP contribution is -2.31. The van der Waals surface area contributed by atoms with Crippen LogP contribution in [0.3, 0.4) is 0 Å². The van der Waals surface area contributed by atoms with Crippen LogP contribution < -0.4 is 4.74 Å². The number of aliphatic hydroxyl groups is 1. The highest BCUT2D eigenvalue weighted by Gasteiger charge is 2.29. The zero-order chi connectivity index (χ0) is 16.2. The van der Waals surface area contributed by atoms with E-state index in [1.165, 1.54) is 11.3 Å². The topological polar surface area (TPSA) is 69.4 Å². The van der Waals surface area contributed by atoms with Crippen LogP contribution in [-0.2, 0) is 6.42 Å². The Balaban J connectivity index is 1.61. The SMILES string of the molecule is CCc1csc(C2=C(O)CN(CCOc3ccccc3)C2=N)n1. The summed E-state index contributed by atoms with van der Waals surface area (Å²) in [5.41, 5.74) is 1.54. The van der Waals surface area contributed by atoms with E-state index in [-0.39, 0.29) is 5.76 Å². The highest BCUT2D eigenvalue weighted by atomic mass is 32.1. The standard InChI is InChI=1S/C17H19N3O2S/c1-2-12-11-23-17(19-12)15-14(21)10-20(16(15)18)8-9-22-13-6-4-3-5-7-13/h3-7,11,18,21H,2,8-10H2,1H3. The summed E-state index contributed by atoms with van der Waals surface area (Å²) in [4.78, 5) is 6.28. The fourth-order valence-electron chi connectivity index (χ4n) is 2.42. The molecule has 1 aliphatic rings. The molecule has 23 heavy (non-hydrogen) atoms. The number of rotatable bonds is 6. The van der Waals surface area contributed by atoms with Crippen LogP contribution in [0.5, 0.6) is 5.75 Å². The van der Waals surface area contributed by atoms with Crippen LogP contribution >= 0.6 is 11.3 Å². The molecule has 0 saturated carbocycles. The van der Waals surface area contributed by atoms with E-state index >= 15 is 0 Å². The third kappa shape index (κ3) is 3.37. The van der Waals surface area contributed by atoms with E-state index in [2.05, 4.69) is 4.98 Å². The van der Waals surface area contributed by atoms with Gasteiger partial charge in [0.2, 0.25) is 0 Å². The number of hydrogen-bond acceptors (Lipinski definition) is 5. The van der Waals surface area contributed by atoms with Gasteiger partial charge in [-0.2, -0.15) is 0 Å². The van der Waals surface area contributed by atoms with Gasteiger partial charge in [-0.05, 0) is 18.6 Å². The predicted octanol–water partition coefficient (Wildman–Crippen LogP) is 3.35. The Morgan fingerprint density at radius 1 is 1.35 bits per heavy atom. The fourth-order valence-corrected chi connectivity index (χ4v) is 3.39. The van der Waals surface area contributed by atoms with Gasteiger partial charge < -0.3 is 14.7 Å². The Morgan fingerprint density at radius 3 is 2.83 bits per heavy atom. The Morgan fingerprint density at radius 2 is 2.13 bits per heavy atom. The van der Waals surface area contributed by atoms with E-state index in [9.17, 15) is 5.11 Å². The van der Waals surface area contributed by atoms with Crippen LogP contribution in [0.15, 0.2) is 41.5 Å². The number of aliphatic hydroxyl groups excluding tert-OH is 1. The lowest BCUT2D eigenvalue weighted by Gasteiger charge is -2.18. The first-order valence-corrected chi connectivity index (χ1v) is 8.45. The van der Waals surface area contributed by atoms with Crippen molar-refractivity contribution in [3.63, 3.8) is 0 Å². The zero-order valence-electron chi connectivity index (χ0n) is 13.0. The molecule has 0 atom stereocenters. The highest BCUT2D eigenvalue weighted by molar-refractivity contribution is 7.11. The summed E-state index contributed by atoms with van der Waals surface area (Å²) in [6, 6.07) is 9.59. The number of amidine groups is 1. The summed E-state index contributed by atoms with van der Waals surface area (Å²) in [5, 5.41) is 21.2. The van der Waals surface area contributed by atoms with Crippen molar-refractivity contribution in [3.8, 4) is 5.75 Å². The molecule has 0 saturated heterocycles. The summed E-state index contributed by atoms with van der Waals surface area (Å²) in [6.45, 7) is 3.39. The van der Waals surface area contributed by atoms with Crippen LogP contribution in [0.1, 0.15) is 17.6 Å². The van der Waals surface area contributed by atoms with Gasteiger partial charge in [-0.3, -0.25) is 5.41 Å². The summed E-state index contributed by atoms with van der Waals surface area (Å²) in [6.07, 6.45) is 0.854. The number of aryl methyl sites for hydroxylation is 1. The van der Waals surface area contributed by atoms with Crippen LogP contribution in [0.4, 0.5) is 0 Å². The maximum Gasteiger partial charge on any atom is 0.135 e. The van der Waals surface area contributed by atoms with Crippen molar-refractivity contribution in [1.29, 1.82) is 5.41 Å². The molecule has 0 spiro atoms. The second kappa shape index (κ2) is 6.83. The van der Waals surface area contributed by atoms with Gasteiger partial charge in [0.1, 0.15) is 29.0 Å². The number of ether oxygens (including phenoxy) is 1. The third-order valence-electron chi connectivity index (χ3n) is 3.68. The van der Waals surface area contributed by atoms with Crippen molar-refractivity contribution < 1.29 is 9.84 Å². The molecule has 2 aromatic rings. The van der Waals surface area contributed by atoms with Gasteiger partial charge in [0.15, 0.2) is 0 Å². The van der Waals surface area contributed by atoms with Crippen molar-refractivity contribution in [2.75, 3.05) is 19.7 Å². The minimum Gasteiger partial charge on any atom is -0.510 e. The highest BCUT2D eigenvalue weighted by Crippen LogP contribution is 2.29. The van der Waals surface area contributed by atoms with E-state index in [4.69, 9.17) is 10.1 Å². The van der Waals surface area contributed by atoms with E-state index in [0.717, 1.165) is 22.9 Å².